The summed E-state index contributed by atoms with van der Waals surface area (Å²) in [5, 5.41) is 12.4. The third-order valence-electron chi connectivity index (χ3n) is 3.19. The molecule has 0 aliphatic carbocycles. The van der Waals surface area contributed by atoms with E-state index in [1.54, 1.807) is 6.92 Å². The second kappa shape index (κ2) is 9.46. The van der Waals surface area contributed by atoms with Crippen LogP contribution in [0.5, 0.6) is 5.75 Å². The Morgan fingerprint density at radius 2 is 1.82 bits per heavy atom. The van der Waals surface area contributed by atoms with Gasteiger partial charge in [-0.2, -0.15) is 0 Å². The molecule has 2 aromatic rings. The summed E-state index contributed by atoms with van der Waals surface area (Å²) >= 11 is 0. The van der Waals surface area contributed by atoms with Gasteiger partial charge in [-0.1, -0.05) is 42.0 Å². The van der Waals surface area contributed by atoms with Crippen LogP contribution in [0.25, 0.3) is 0 Å². The Morgan fingerprint density at radius 1 is 1.09 bits per heavy atom. The molecular formula is C18H24ClNO2. The number of hydrogen-bond donors (Lipinski definition) is 2. The molecule has 0 spiro atoms. The minimum atomic E-state index is -0.328. The maximum Gasteiger partial charge on any atom is 0.120 e. The van der Waals surface area contributed by atoms with Gasteiger partial charge in [-0.15, -0.1) is 12.4 Å². The Balaban J connectivity index is 0.00000242. The van der Waals surface area contributed by atoms with Crippen LogP contribution in [0.15, 0.2) is 48.5 Å². The van der Waals surface area contributed by atoms with Gasteiger partial charge in [0.15, 0.2) is 0 Å². The molecule has 22 heavy (non-hydrogen) atoms. The van der Waals surface area contributed by atoms with Crippen LogP contribution in [0, 0.1) is 6.92 Å². The zero-order chi connectivity index (χ0) is 15.1. The van der Waals surface area contributed by atoms with Crippen molar-refractivity contribution in [2.24, 2.45) is 0 Å². The molecule has 0 aliphatic rings. The summed E-state index contributed by atoms with van der Waals surface area (Å²) in [6.45, 7) is 5.74. The lowest BCUT2D eigenvalue weighted by molar-refractivity contribution is 0.191. The highest BCUT2D eigenvalue weighted by molar-refractivity contribution is 5.85. The predicted octanol–water partition coefficient (Wildman–Crippen LogP) is 3.47. The minimum absolute atomic E-state index is 0. The van der Waals surface area contributed by atoms with Crippen molar-refractivity contribution in [3.05, 3.63) is 65.2 Å². The van der Waals surface area contributed by atoms with E-state index < -0.39 is 0 Å². The van der Waals surface area contributed by atoms with Gasteiger partial charge in [-0.25, -0.2) is 0 Å². The number of aliphatic hydroxyl groups excluding tert-OH is 1. The molecule has 4 heteroatoms. The van der Waals surface area contributed by atoms with Gasteiger partial charge in [0.25, 0.3) is 0 Å². The van der Waals surface area contributed by atoms with Crippen LogP contribution < -0.4 is 10.1 Å². The molecule has 0 amide bonds. The molecule has 0 radical (unpaired) electrons. The molecule has 120 valence electrons. The number of halogens is 1. The highest BCUT2D eigenvalue weighted by Crippen LogP contribution is 2.15. The fraction of sp³-hybridized carbons (Fsp3) is 0.333. The quantitative estimate of drug-likeness (QED) is 0.820. The first-order valence-corrected chi connectivity index (χ1v) is 7.29. The van der Waals surface area contributed by atoms with Gasteiger partial charge >= 0.3 is 0 Å². The van der Waals surface area contributed by atoms with Crippen molar-refractivity contribution in [1.29, 1.82) is 0 Å². The number of aryl methyl sites for hydroxylation is 1. The molecule has 0 bridgehead atoms. The summed E-state index contributed by atoms with van der Waals surface area (Å²) in [4.78, 5) is 0. The third-order valence-corrected chi connectivity index (χ3v) is 3.19. The number of rotatable bonds is 7. The summed E-state index contributed by atoms with van der Waals surface area (Å²) < 4.78 is 5.82. The average molecular weight is 322 g/mol. The first-order chi connectivity index (χ1) is 10.1. The number of benzene rings is 2. The van der Waals surface area contributed by atoms with Crippen LogP contribution in [-0.4, -0.2) is 17.8 Å². The van der Waals surface area contributed by atoms with Gasteiger partial charge in [-0.3, -0.25) is 0 Å². The van der Waals surface area contributed by atoms with Crippen LogP contribution in [0.1, 0.15) is 23.6 Å². The van der Waals surface area contributed by atoms with E-state index in [0.717, 1.165) is 17.9 Å². The van der Waals surface area contributed by atoms with E-state index >= 15 is 0 Å². The van der Waals surface area contributed by atoms with Gasteiger partial charge in [0, 0.05) is 13.1 Å². The van der Waals surface area contributed by atoms with Crippen LogP contribution in [0.4, 0.5) is 0 Å². The predicted molar refractivity (Wildman–Crippen MR) is 92.6 cm³/mol. The molecule has 2 aromatic carbocycles. The molecule has 1 unspecified atom stereocenters. The van der Waals surface area contributed by atoms with E-state index in [-0.39, 0.29) is 18.5 Å². The molecular weight excluding hydrogens is 298 g/mol. The van der Waals surface area contributed by atoms with E-state index in [1.165, 1.54) is 11.1 Å². The smallest absolute Gasteiger partial charge is 0.120 e. The minimum Gasteiger partial charge on any atom is -0.489 e. The van der Waals surface area contributed by atoms with E-state index in [9.17, 15) is 5.11 Å². The summed E-state index contributed by atoms with van der Waals surface area (Å²) in [7, 11) is 0. The van der Waals surface area contributed by atoms with Crippen molar-refractivity contribution in [2.45, 2.75) is 33.1 Å². The Hall–Kier alpha value is -1.55. The van der Waals surface area contributed by atoms with E-state index in [2.05, 4.69) is 36.5 Å². The Bertz CT molecular complexity index is 555. The maximum atomic E-state index is 9.23. The highest BCUT2D eigenvalue weighted by atomic mass is 35.5. The van der Waals surface area contributed by atoms with Gasteiger partial charge in [0.2, 0.25) is 0 Å². The number of hydrogen-bond acceptors (Lipinski definition) is 3. The highest BCUT2D eigenvalue weighted by Gasteiger charge is 2.00. The van der Waals surface area contributed by atoms with Crippen LogP contribution in [-0.2, 0) is 13.2 Å². The van der Waals surface area contributed by atoms with Crippen LogP contribution in [0.3, 0.4) is 0 Å². The molecule has 0 aliphatic heterocycles. The van der Waals surface area contributed by atoms with Crippen molar-refractivity contribution < 1.29 is 9.84 Å². The molecule has 1 atom stereocenters. The SMILES string of the molecule is Cc1ccc(COc2cccc(CNCC(C)O)c2)cc1.Cl. The molecule has 0 fully saturated rings. The molecule has 3 nitrogen and oxygen atoms in total. The first kappa shape index (κ1) is 18.5. The maximum absolute atomic E-state index is 9.23. The second-order valence-electron chi connectivity index (χ2n) is 5.40. The van der Waals surface area contributed by atoms with Crippen molar-refractivity contribution in [2.75, 3.05) is 6.54 Å². The molecule has 0 saturated heterocycles. The van der Waals surface area contributed by atoms with Gasteiger partial charge < -0.3 is 15.2 Å². The fourth-order valence-electron chi connectivity index (χ4n) is 2.02. The largest absolute Gasteiger partial charge is 0.489 e. The molecule has 0 aromatic heterocycles. The molecule has 0 saturated carbocycles. The Kier molecular flexibility index (Phi) is 7.96. The van der Waals surface area contributed by atoms with Crippen LogP contribution >= 0.6 is 12.4 Å². The zero-order valence-electron chi connectivity index (χ0n) is 13.1. The van der Waals surface area contributed by atoms with Crippen molar-refractivity contribution in [1.82, 2.24) is 5.32 Å². The third kappa shape index (κ3) is 6.48. The average Bonchev–Trinajstić information content (AvgIpc) is 2.47. The van der Waals surface area contributed by atoms with Crippen molar-refractivity contribution in [3.8, 4) is 5.75 Å². The Labute approximate surface area is 138 Å². The lowest BCUT2D eigenvalue weighted by atomic mass is 10.2. The summed E-state index contributed by atoms with van der Waals surface area (Å²) in [6.07, 6.45) is -0.328. The van der Waals surface area contributed by atoms with Gasteiger partial charge in [0.05, 0.1) is 6.10 Å². The molecule has 2 rings (SSSR count). The fourth-order valence-corrected chi connectivity index (χ4v) is 2.02. The first-order valence-electron chi connectivity index (χ1n) is 7.29. The monoisotopic (exact) mass is 321 g/mol. The van der Waals surface area contributed by atoms with E-state index in [0.29, 0.717) is 13.2 Å². The summed E-state index contributed by atoms with van der Waals surface area (Å²) in [5.41, 5.74) is 3.57. The standard InChI is InChI=1S/C18H23NO2.ClH/c1-14-6-8-16(9-7-14)13-21-18-5-3-4-17(10-18)12-19-11-15(2)20;/h3-10,15,19-20H,11-13H2,1-2H3;1H. The molecule has 0 heterocycles. The van der Waals surface area contributed by atoms with Crippen molar-refractivity contribution >= 4 is 12.4 Å². The topological polar surface area (TPSA) is 41.5 Å². The van der Waals surface area contributed by atoms with Crippen molar-refractivity contribution in [3.63, 3.8) is 0 Å². The van der Waals surface area contributed by atoms with Gasteiger partial charge in [0.1, 0.15) is 12.4 Å². The Morgan fingerprint density at radius 3 is 2.50 bits per heavy atom. The zero-order valence-corrected chi connectivity index (χ0v) is 13.9. The lowest BCUT2D eigenvalue weighted by Gasteiger charge is -2.10. The number of nitrogens with one attached hydrogen (secondary N) is 1. The van der Waals surface area contributed by atoms with Crippen LogP contribution in [0.2, 0.25) is 0 Å². The molecule has 2 N–H and O–H groups in total. The normalized spacial score (nSPS) is 11.6. The number of aliphatic hydroxyl groups is 1. The lowest BCUT2D eigenvalue weighted by Crippen LogP contribution is -2.23. The van der Waals surface area contributed by atoms with Gasteiger partial charge in [-0.05, 0) is 37.1 Å². The van der Waals surface area contributed by atoms with E-state index in [4.69, 9.17) is 4.74 Å². The summed E-state index contributed by atoms with van der Waals surface area (Å²) in [6, 6.07) is 16.4. The van der Waals surface area contributed by atoms with E-state index in [1.807, 2.05) is 24.3 Å². The summed E-state index contributed by atoms with van der Waals surface area (Å²) in [5.74, 6) is 0.868. The number of ether oxygens (including phenoxy) is 1. The second-order valence-corrected chi connectivity index (χ2v) is 5.40.